The maximum absolute atomic E-state index is 12.7. The van der Waals surface area contributed by atoms with Crippen LogP contribution in [0.3, 0.4) is 0 Å². The smallest absolute Gasteiger partial charge is 0.311 e. The largest absolute Gasteiger partial charge is 0.486 e. The van der Waals surface area contributed by atoms with E-state index in [9.17, 15) is 14.7 Å². The standard InChI is InChI=1S/C18H21NO5/c1-18(17(21)22)4-5-19(10-18)16(20)13-9-12(13)11-2-3-14-15(8-11)24-7-6-23-14/h2-3,8,12-13H,4-7,9-10H2,1H3,(H,21,22)/t12-,13-,18+/m1/s1. The average molecular weight is 331 g/mol. The molecule has 6 nitrogen and oxygen atoms in total. The molecule has 1 amide bonds. The van der Waals surface area contributed by atoms with E-state index in [4.69, 9.17) is 9.47 Å². The molecule has 0 bridgehead atoms. The number of carbonyl (C=O) groups is 2. The van der Waals surface area contributed by atoms with Gasteiger partial charge in [-0.2, -0.15) is 0 Å². The molecule has 1 N–H and O–H groups in total. The number of nitrogens with zero attached hydrogens (tertiary/aromatic N) is 1. The van der Waals surface area contributed by atoms with Crippen molar-refractivity contribution in [1.29, 1.82) is 0 Å². The third-order valence-corrected chi connectivity index (χ3v) is 5.40. The summed E-state index contributed by atoms with van der Waals surface area (Å²) in [7, 11) is 0. The Kier molecular flexibility index (Phi) is 3.44. The molecule has 0 radical (unpaired) electrons. The number of hydrogen-bond donors (Lipinski definition) is 1. The quantitative estimate of drug-likeness (QED) is 0.915. The highest BCUT2D eigenvalue weighted by atomic mass is 16.6. The van der Waals surface area contributed by atoms with Gasteiger partial charge in [0.25, 0.3) is 0 Å². The minimum atomic E-state index is -0.822. The molecule has 0 spiro atoms. The van der Waals surface area contributed by atoms with Gasteiger partial charge in [0, 0.05) is 19.0 Å². The van der Waals surface area contributed by atoms with Crippen LogP contribution in [-0.2, 0) is 9.59 Å². The predicted octanol–water partition coefficient (Wildman–Crippen LogP) is 1.88. The Morgan fingerprint density at radius 1 is 1.25 bits per heavy atom. The zero-order chi connectivity index (χ0) is 16.9. The molecule has 0 unspecified atom stereocenters. The van der Waals surface area contributed by atoms with Gasteiger partial charge in [0.05, 0.1) is 5.41 Å². The molecular formula is C18H21NO5. The number of carbonyl (C=O) groups excluding carboxylic acids is 1. The Bertz CT molecular complexity index is 703. The van der Waals surface area contributed by atoms with Crippen LogP contribution in [0.15, 0.2) is 18.2 Å². The highest BCUT2D eigenvalue weighted by molar-refractivity contribution is 5.85. The van der Waals surface area contributed by atoms with Crippen LogP contribution in [0.1, 0.15) is 31.2 Å². The number of amides is 1. The molecule has 1 aromatic carbocycles. The van der Waals surface area contributed by atoms with Crippen molar-refractivity contribution < 1.29 is 24.2 Å². The monoisotopic (exact) mass is 331 g/mol. The van der Waals surface area contributed by atoms with E-state index in [2.05, 4.69) is 0 Å². The first-order valence-electron chi connectivity index (χ1n) is 8.40. The molecular weight excluding hydrogens is 310 g/mol. The van der Waals surface area contributed by atoms with Gasteiger partial charge in [0.15, 0.2) is 11.5 Å². The summed E-state index contributed by atoms with van der Waals surface area (Å²) in [6, 6.07) is 5.87. The number of aliphatic carboxylic acids is 1. The summed E-state index contributed by atoms with van der Waals surface area (Å²) in [5.41, 5.74) is 0.287. The summed E-state index contributed by atoms with van der Waals surface area (Å²) in [5, 5.41) is 9.31. The zero-order valence-corrected chi connectivity index (χ0v) is 13.7. The molecule has 0 aromatic heterocycles. The van der Waals surface area contributed by atoms with E-state index < -0.39 is 11.4 Å². The minimum absolute atomic E-state index is 0.0382. The fraction of sp³-hybridized carbons (Fsp3) is 0.556. The molecule has 2 heterocycles. The molecule has 3 aliphatic rings. The van der Waals surface area contributed by atoms with Crippen LogP contribution in [0.5, 0.6) is 11.5 Å². The summed E-state index contributed by atoms with van der Waals surface area (Å²) in [6.45, 7) is 3.67. The molecule has 2 aliphatic heterocycles. The Hall–Kier alpha value is -2.24. The summed E-state index contributed by atoms with van der Waals surface area (Å²) in [5.74, 6) is 0.923. The first-order valence-corrected chi connectivity index (χ1v) is 8.40. The van der Waals surface area contributed by atoms with E-state index in [1.54, 1.807) is 11.8 Å². The van der Waals surface area contributed by atoms with Crippen molar-refractivity contribution in [2.75, 3.05) is 26.3 Å². The molecule has 24 heavy (non-hydrogen) atoms. The number of carboxylic acids is 1. The lowest BCUT2D eigenvalue weighted by Gasteiger charge is -2.20. The molecule has 1 aliphatic carbocycles. The number of rotatable bonds is 3. The van der Waals surface area contributed by atoms with E-state index in [1.807, 2.05) is 18.2 Å². The third-order valence-electron chi connectivity index (χ3n) is 5.40. The second-order valence-electron chi connectivity index (χ2n) is 7.23. The van der Waals surface area contributed by atoms with Gasteiger partial charge in [-0.3, -0.25) is 9.59 Å². The van der Waals surface area contributed by atoms with Crippen LogP contribution in [-0.4, -0.2) is 48.2 Å². The first-order chi connectivity index (χ1) is 11.5. The Labute approximate surface area is 140 Å². The minimum Gasteiger partial charge on any atom is -0.486 e. The van der Waals surface area contributed by atoms with E-state index in [0.717, 1.165) is 23.5 Å². The van der Waals surface area contributed by atoms with Crippen molar-refractivity contribution in [2.24, 2.45) is 11.3 Å². The predicted molar refractivity (Wildman–Crippen MR) is 85.2 cm³/mol. The fourth-order valence-corrected chi connectivity index (χ4v) is 3.69. The van der Waals surface area contributed by atoms with Gasteiger partial charge >= 0.3 is 5.97 Å². The van der Waals surface area contributed by atoms with Crippen LogP contribution in [0.2, 0.25) is 0 Å². The molecule has 2 fully saturated rings. The van der Waals surface area contributed by atoms with E-state index in [-0.39, 0.29) is 17.7 Å². The Balaban J connectivity index is 1.43. The van der Waals surface area contributed by atoms with Gasteiger partial charge in [-0.25, -0.2) is 0 Å². The third kappa shape index (κ3) is 2.50. The van der Waals surface area contributed by atoms with Crippen molar-refractivity contribution in [1.82, 2.24) is 4.90 Å². The first kappa shape index (κ1) is 15.3. The van der Waals surface area contributed by atoms with Crippen LogP contribution < -0.4 is 9.47 Å². The number of benzene rings is 1. The second kappa shape index (κ2) is 5.40. The summed E-state index contributed by atoms with van der Waals surface area (Å²) in [4.78, 5) is 25.7. The van der Waals surface area contributed by atoms with Crippen molar-refractivity contribution in [2.45, 2.75) is 25.7 Å². The summed E-state index contributed by atoms with van der Waals surface area (Å²) >= 11 is 0. The average Bonchev–Trinajstić information content (AvgIpc) is 3.28. The van der Waals surface area contributed by atoms with Gasteiger partial charge in [-0.1, -0.05) is 6.07 Å². The van der Waals surface area contributed by atoms with Gasteiger partial charge in [0.2, 0.25) is 5.91 Å². The van der Waals surface area contributed by atoms with Gasteiger partial charge < -0.3 is 19.5 Å². The van der Waals surface area contributed by atoms with Gasteiger partial charge in [-0.05, 0) is 43.4 Å². The van der Waals surface area contributed by atoms with Crippen LogP contribution in [0.4, 0.5) is 0 Å². The number of hydrogen-bond acceptors (Lipinski definition) is 4. The fourth-order valence-electron chi connectivity index (χ4n) is 3.69. The highest BCUT2D eigenvalue weighted by Gasteiger charge is 2.50. The number of carboxylic acid groups (broad SMARTS) is 1. The second-order valence-corrected chi connectivity index (χ2v) is 7.23. The highest BCUT2D eigenvalue weighted by Crippen LogP contribution is 2.51. The van der Waals surface area contributed by atoms with Crippen molar-refractivity contribution in [3.8, 4) is 11.5 Å². The van der Waals surface area contributed by atoms with Gasteiger partial charge in [-0.15, -0.1) is 0 Å². The van der Waals surface area contributed by atoms with E-state index >= 15 is 0 Å². The Morgan fingerprint density at radius 2 is 2.00 bits per heavy atom. The maximum atomic E-state index is 12.7. The van der Waals surface area contributed by atoms with Crippen molar-refractivity contribution in [3.63, 3.8) is 0 Å². The van der Waals surface area contributed by atoms with Crippen LogP contribution in [0.25, 0.3) is 0 Å². The van der Waals surface area contributed by atoms with Crippen molar-refractivity contribution >= 4 is 11.9 Å². The normalized spacial score (nSPS) is 31.0. The number of fused-ring (bicyclic) bond motifs is 1. The lowest BCUT2D eigenvalue weighted by atomic mass is 9.90. The van der Waals surface area contributed by atoms with E-state index in [1.165, 1.54) is 0 Å². The molecule has 1 aromatic rings. The lowest BCUT2D eigenvalue weighted by molar-refractivity contribution is -0.147. The summed E-state index contributed by atoms with van der Waals surface area (Å²) < 4.78 is 11.1. The molecule has 4 rings (SSSR count). The molecule has 3 atom stereocenters. The molecule has 128 valence electrons. The Morgan fingerprint density at radius 3 is 2.71 bits per heavy atom. The van der Waals surface area contributed by atoms with E-state index in [0.29, 0.717) is 32.7 Å². The zero-order valence-electron chi connectivity index (χ0n) is 13.7. The lowest BCUT2D eigenvalue weighted by Crippen LogP contribution is -2.35. The molecule has 6 heteroatoms. The topological polar surface area (TPSA) is 76.1 Å². The molecule has 1 saturated carbocycles. The number of ether oxygens (including phenoxy) is 2. The van der Waals surface area contributed by atoms with Crippen LogP contribution in [0, 0.1) is 11.3 Å². The molecule has 1 saturated heterocycles. The maximum Gasteiger partial charge on any atom is 0.311 e. The van der Waals surface area contributed by atoms with Crippen molar-refractivity contribution in [3.05, 3.63) is 23.8 Å². The van der Waals surface area contributed by atoms with Gasteiger partial charge in [0.1, 0.15) is 13.2 Å². The van der Waals surface area contributed by atoms with Crippen LogP contribution >= 0.6 is 0 Å². The number of likely N-dealkylation sites (tertiary alicyclic amines) is 1. The summed E-state index contributed by atoms with van der Waals surface area (Å²) in [6.07, 6.45) is 1.34. The SMILES string of the molecule is C[C@]1(C(=O)O)CCN(C(=O)[C@@H]2C[C@@H]2c2ccc3c(c2)OCCO3)C1.